The van der Waals surface area contributed by atoms with Gasteiger partial charge in [-0.25, -0.2) is 9.97 Å². The summed E-state index contributed by atoms with van der Waals surface area (Å²) in [6, 6.07) is 9.79. The molecule has 2 saturated heterocycles. The summed E-state index contributed by atoms with van der Waals surface area (Å²) < 4.78 is 11.5. The van der Waals surface area contributed by atoms with Crippen molar-refractivity contribution < 1.29 is 14.3 Å². The van der Waals surface area contributed by atoms with E-state index in [1.807, 2.05) is 48.4 Å². The van der Waals surface area contributed by atoms with Gasteiger partial charge in [0.25, 0.3) is 5.91 Å². The van der Waals surface area contributed by atoms with Gasteiger partial charge in [-0.3, -0.25) is 9.69 Å². The lowest BCUT2D eigenvalue weighted by Gasteiger charge is -2.33. The van der Waals surface area contributed by atoms with Crippen molar-refractivity contribution in [1.82, 2.24) is 19.8 Å². The van der Waals surface area contributed by atoms with Crippen LogP contribution in [0.15, 0.2) is 36.5 Å². The summed E-state index contributed by atoms with van der Waals surface area (Å²) in [6.07, 6.45) is 1.79. The Morgan fingerprint density at radius 2 is 2.03 bits per heavy atom. The van der Waals surface area contributed by atoms with Gasteiger partial charge in [0.15, 0.2) is 0 Å². The maximum Gasteiger partial charge on any atom is 0.254 e. The zero-order valence-electron chi connectivity index (χ0n) is 17.6. The second-order valence-electron chi connectivity index (χ2n) is 7.96. The van der Waals surface area contributed by atoms with Gasteiger partial charge in [-0.2, -0.15) is 0 Å². The summed E-state index contributed by atoms with van der Waals surface area (Å²) in [6.45, 7) is 7.55. The number of carbonyl (C=O) groups excluding carboxylic acids is 1. The third kappa shape index (κ3) is 4.48. The molecule has 2 aliphatic rings. The fraction of sp³-hybridized carbons (Fsp3) is 0.435. The Morgan fingerprint density at radius 1 is 1.19 bits per heavy atom. The van der Waals surface area contributed by atoms with Crippen LogP contribution in [0, 0.1) is 6.92 Å². The summed E-state index contributed by atoms with van der Waals surface area (Å²) in [5, 5.41) is 1.97. The predicted molar refractivity (Wildman–Crippen MR) is 119 cm³/mol. The molecule has 0 N–H and O–H groups in total. The number of aryl methyl sites for hydroxylation is 1. The van der Waals surface area contributed by atoms with Gasteiger partial charge in [0.2, 0.25) is 0 Å². The van der Waals surface area contributed by atoms with Gasteiger partial charge in [-0.15, -0.1) is 11.3 Å². The van der Waals surface area contributed by atoms with Crippen LogP contribution in [-0.2, 0) is 16.0 Å². The maximum absolute atomic E-state index is 13.3. The number of thiazole rings is 1. The molecule has 0 radical (unpaired) electrons. The van der Waals surface area contributed by atoms with Gasteiger partial charge < -0.3 is 14.4 Å². The van der Waals surface area contributed by atoms with Crippen molar-refractivity contribution in [3.8, 4) is 0 Å². The molecule has 0 spiro atoms. The van der Waals surface area contributed by atoms with Crippen LogP contribution in [0.3, 0.4) is 0 Å². The van der Waals surface area contributed by atoms with E-state index in [0.717, 1.165) is 41.2 Å². The average Bonchev–Trinajstić information content (AvgIpc) is 3.23. The molecule has 2 aromatic heterocycles. The quantitative estimate of drug-likeness (QED) is 0.624. The number of hydrogen-bond acceptors (Lipinski definition) is 7. The third-order valence-electron chi connectivity index (χ3n) is 5.79. The van der Waals surface area contributed by atoms with Crippen molar-refractivity contribution in [2.24, 2.45) is 0 Å². The maximum atomic E-state index is 13.3. The van der Waals surface area contributed by atoms with Gasteiger partial charge in [0.05, 0.1) is 41.6 Å². The SMILES string of the molecule is Cc1ncc(CN2CCO[C@H](c3cc(C(=O)N4CCOCC4)c4ccccc4n3)C2)s1. The highest BCUT2D eigenvalue weighted by atomic mass is 32.1. The highest BCUT2D eigenvalue weighted by Gasteiger charge is 2.27. The summed E-state index contributed by atoms with van der Waals surface area (Å²) >= 11 is 1.73. The van der Waals surface area contributed by atoms with E-state index in [1.165, 1.54) is 4.88 Å². The number of hydrogen-bond donors (Lipinski definition) is 0. The smallest absolute Gasteiger partial charge is 0.254 e. The number of carbonyl (C=O) groups is 1. The summed E-state index contributed by atoms with van der Waals surface area (Å²) in [4.78, 5) is 28.1. The van der Waals surface area contributed by atoms with Gasteiger partial charge in [0.1, 0.15) is 6.10 Å². The molecule has 2 aliphatic heterocycles. The van der Waals surface area contributed by atoms with Crippen molar-refractivity contribution in [3.63, 3.8) is 0 Å². The first-order valence-corrected chi connectivity index (χ1v) is 11.5. The number of pyridine rings is 1. The standard InChI is InChI=1S/C23H26N4O3S/c1-16-24-13-17(31-16)14-26-6-11-30-22(15-26)21-12-19(18-4-2-3-5-20(18)25-21)23(28)27-7-9-29-10-8-27/h2-5,12-13,22H,6-11,14-15H2,1H3/t22-/m0/s1. The molecule has 0 saturated carbocycles. The van der Waals surface area contributed by atoms with Gasteiger partial charge in [0, 0.05) is 49.2 Å². The Balaban J connectivity index is 1.43. The minimum Gasteiger partial charge on any atom is -0.378 e. The van der Waals surface area contributed by atoms with E-state index in [2.05, 4.69) is 9.88 Å². The molecule has 0 unspecified atom stereocenters. The van der Waals surface area contributed by atoms with E-state index in [-0.39, 0.29) is 12.0 Å². The van der Waals surface area contributed by atoms with Crippen molar-refractivity contribution in [2.45, 2.75) is 19.6 Å². The molecular weight excluding hydrogens is 412 g/mol. The van der Waals surface area contributed by atoms with Crippen LogP contribution < -0.4 is 0 Å². The molecule has 0 bridgehead atoms. The van der Waals surface area contributed by atoms with Crippen molar-refractivity contribution in [2.75, 3.05) is 46.0 Å². The number of aromatic nitrogens is 2. The lowest BCUT2D eigenvalue weighted by Crippen LogP contribution is -2.41. The molecule has 1 atom stereocenters. The largest absolute Gasteiger partial charge is 0.378 e. The lowest BCUT2D eigenvalue weighted by atomic mass is 10.0. The number of nitrogens with zero attached hydrogens (tertiary/aromatic N) is 4. The van der Waals surface area contributed by atoms with Crippen molar-refractivity contribution in [3.05, 3.63) is 57.7 Å². The second kappa shape index (κ2) is 9.00. The van der Waals surface area contributed by atoms with Crippen LogP contribution >= 0.6 is 11.3 Å². The Labute approximate surface area is 185 Å². The van der Waals surface area contributed by atoms with Crippen molar-refractivity contribution in [1.29, 1.82) is 0 Å². The van der Waals surface area contributed by atoms with E-state index in [9.17, 15) is 4.79 Å². The Morgan fingerprint density at radius 3 is 2.84 bits per heavy atom. The van der Waals surface area contributed by atoms with E-state index in [1.54, 1.807) is 11.3 Å². The number of fused-ring (bicyclic) bond motifs is 1. The first kappa shape index (κ1) is 20.5. The Bertz CT molecular complexity index is 1080. The van der Waals surface area contributed by atoms with E-state index in [0.29, 0.717) is 38.5 Å². The molecular formula is C23H26N4O3S. The van der Waals surface area contributed by atoms with Crippen LogP contribution in [0.4, 0.5) is 0 Å². The molecule has 3 aromatic rings. The zero-order valence-corrected chi connectivity index (χ0v) is 18.4. The Hall–Kier alpha value is -2.39. The first-order chi connectivity index (χ1) is 15.2. The molecule has 7 nitrogen and oxygen atoms in total. The predicted octanol–water partition coefficient (Wildman–Crippen LogP) is 3.05. The van der Waals surface area contributed by atoms with E-state index < -0.39 is 0 Å². The molecule has 2 fully saturated rings. The summed E-state index contributed by atoms with van der Waals surface area (Å²) in [5.74, 6) is 0.0379. The number of rotatable bonds is 4. The van der Waals surface area contributed by atoms with Crippen LogP contribution in [-0.4, -0.2) is 71.7 Å². The van der Waals surface area contributed by atoms with Crippen LogP contribution in [0.1, 0.15) is 32.0 Å². The highest BCUT2D eigenvalue weighted by Crippen LogP contribution is 2.28. The topological polar surface area (TPSA) is 67.8 Å². The average molecular weight is 439 g/mol. The molecule has 0 aliphatic carbocycles. The molecule has 5 rings (SSSR count). The van der Waals surface area contributed by atoms with Gasteiger partial charge in [-0.1, -0.05) is 18.2 Å². The monoisotopic (exact) mass is 438 g/mol. The molecule has 1 amide bonds. The Kier molecular flexibility index (Phi) is 5.95. The minimum atomic E-state index is -0.163. The summed E-state index contributed by atoms with van der Waals surface area (Å²) in [5.41, 5.74) is 2.34. The number of ether oxygens (including phenoxy) is 2. The van der Waals surface area contributed by atoms with Crippen LogP contribution in [0.25, 0.3) is 10.9 Å². The fourth-order valence-corrected chi connectivity index (χ4v) is 5.04. The van der Waals surface area contributed by atoms with Gasteiger partial charge in [-0.05, 0) is 19.1 Å². The van der Waals surface area contributed by atoms with Crippen molar-refractivity contribution >= 4 is 28.1 Å². The molecule has 4 heterocycles. The minimum absolute atomic E-state index is 0.0379. The van der Waals surface area contributed by atoms with E-state index in [4.69, 9.17) is 14.5 Å². The van der Waals surface area contributed by atoms with Crippen LogP contribution in [0.2, 0.25) is 0 Å². The van der Waals surface area contributed by atoms with Crippen LogP contribution in [0.5, 0.6) is 0 Å². The lowest BCUT2D eigenvalue weighted by molar-refractivity contribution is -0.0345. The number of benzene rings is 1. The first-order valence-electron chi connectivity index (χ1n) is 10.7. The second-order valence-corrected chi connectivity index (χ2v) is 9.28. The number of para-hydroxylation sites is 1. The highest BCUT2D eigenvalue weighted by molar-refractivity contribution is 7.11. The van der Waals surface area contributed by atoms with E-state index >= 15 is 0 Å². The number of morpholine rings is 2. The molecule has 8 heteroatoms. The fourth-order valence-electron chi connectivity index (χ4n) is 4.20. The number of amides is 1. The third-order valence-corrected chi connectivity index (χ3v) is 6.69. The zero-order chi connectivity index (χ0) is 21.2. The summed E-state index contributed by atoms with van der Waals surface area (Å²) in [7, 11) is 0. The normalized spacial score (nSPS) is 20.3. The molecule has 1 aromatic carbocycles. The van der Waals surface area contributed by atoms with Gasteiger partial charge >= 0.3 is 0 Å². The molecule has 162 valence electrons. The molecule has 31 heavy (non-hydrogen) atoms.